The van der Waals surface area contributed by atoms with Gasteiger partial charge in [0.1, 0.15) is 5.75 Å². The third-order valence-corrected chi connectivity index (χ3v) is 5.63. The summed E-state index contributed by atoms with van der Waals surface area (Å²) in [6.07, 6.45) is 1.16. The fourth-order valence-corrected chi connectivity index (χ4v) is 3.90. The number of morpholine rings is 1. The van der Waals surface area contributed by atoms with Gasteiger partial charge in [-0.2, -0.15) is 0 Å². The molecular formula is C24H29N3O4. The number of carbonyl (C=O) groups excluding carboxylic acids is 2. The van der Waals surface area contributed by atoms with Gasteiger partial charge < -0.3 is 24.6 Å². The number of nitrogens with zero attached hydrogens (tertiary/aromatic N) is 2. The maximum Gasteiger partial charge on any atom is 0.229 e. The number of rotatable bonds is 7. The second kappa shape index (κ2) is 9.83. The second-order valence-corrected chi connectivity index (χ2v) is 7.88. The zero-order valence-electron chi connectivity index (χ0n) is 17.9. The van der Waals surface area contributed by atoms with Crippen LogP contribution >= 0.6 is 0 Å². The molecular weight excluding hydrogens is 394 g/mol. The number of nitrogens with one attached hydrogen (secondary N) is 1. The van der Waals surface area contributed by atoms with Crippen LogP contribution < -0.4 is 19.9 Å². The SMILES string of the molecule is CCCOc1ccc(N2CC(C(=O)Nc3ccc(N4CCOCC4)cc3)CC2=O)cc1. The van der Waals surface area contributed by atoms with E-state index in [1.807, 2.05) is 48.5 Å². The Morgan fingerprint density at radius 1 is 1.06 bits per heavy atom. The van der Waals surface area contributed by atoms with Crippen molar-refractivity contribution in [1.82, 2.24) is 0 Å². The molecule has 2 saturated heterocycles. The van der Waals surface area contributed by atoms with E-state index in [0.29, 0.717) is 13.2 Å². The minimum absolute atomic E-state index is 0.0370. The standard InChI is InChI=1S/C24H29N3O4/c1-2-13-31-22-9-7-21(8-10-22)27-17-18(16-23(27)28)24(29)25-19-3-5-20(6-4-19)26-11-14-30-15-12-26/h3-10,18H,2,11-17H2,1H3,(H,25,29). The van der Waals surface area contributed by atoms with E-state index in [0.717, 1.165) is 55.5 Å². The smallest absolute Gasteiger partial charge is 0.229 e. The van der Waals surface area contributed by atoms with Gasteiger partial charge in [0, 0.05) is 43.1 Å². The molecule has 0 bridgehead atoms. The van der Waals surface area contributed by atoms with Crippen LogP contribution in [0.5, 0.6) is 5.75 Å². The van der Waals surface area contributed by atoms with Gasteiger partial charge in [0.05, 0.1) is 25.7 Å². The number of benzene rings is 2. The minimum Gasteiger partial charge on any atom is -0.494 e. The number of hydrogen-bond donors (Lipinski definition) is 1. The van der Waals surface area contributed by atoms with Crippen LogP contribution in [0.3, 0.4) is 0 Å². The summed E-state index contributed by atoms with van der Waals surface area (Å²) in [5.74, 6) is 0.248. The van der Waals surface area contributed by atoms with E-state index < -0.39 is 0 Å². The van der Waals surface area contributed by atoms with Crippen LogP contribution in [-0.2, 0) is 14.3 Å². The largest absolute Gasteiger partial charge is 0.494 e. The molecule has 2 aromatic carbocycles. The summed E-state index contributed by atoms with van der Waals surface area (Å²) in [5, 5.41) is 2.96. The van der Waals surface area contributed by atoms with E-state index in [1.165, 1.54) is 0 Å². The third-order valence-electron chi connectivity index (χ3n) is 5.63. The highest BCUT2D eigenvalue weighted by Crippen LogP contribution is 2.28. The number of carbonyl (C=O) groups is 2. The van der Waals surface area contributed by atoms with E-state index >= 15 is 0 Å². The average Bonchev–Trinajstić information content (AvgIpc) is 3.21. The quantitative estimate of drug-likeness (QED) is 0.740. The normalized spacial score (nSPS) is 18.9. The van der Waals surface area contributed by atoms with Gasteiger partial charge in [-0.15, -0.1) is 0 Å². The summed E-state index contributed by atoms with van der Waals surface area (Å²) >= 11 is 0. The molecule has 0 aliphatic carbocycles. The third kappa shape index (κ3) is 5.17. The Morgan fingerprint density at radius 2 is 1.74 bits per heavy atom. The molecule has 0 saturated carbocycles. The molecule has 1 N–H and O–H groups in total. The summed E-state index contributed by atoms with van der Waals surface area (Å²) in [7, 11) is 0. The molecule has 2 heterocycles. The highest BCUT2D eigenvalue weighted by Gasteiger charge is 2.35. The van der Waals surface area contributed by atoms with Crippen LogP contribution in [0.15, 0.2) is 48.5 Å². The van der Waals surface area contributed by atoms with Gasteiger partial charge in [-0.1, -0.05) is 6.92 Å². The molecule has 4 rings (SSSR count). The summed E-state index contributed by atoms with van der Waals surface area (Å²) < 4.78 is 11.0. The van der Waals surface area contributed by atoms with Crippen molar-refractivity contribution in [2.24, 2.45) is 5.92 Å². The van der Waals surface area contributed by atoms with Crippen LogP contribution in [0.1, 0.15) is 19.8 Å². The topological polar surface area (TPSA) is 71.1 Å². The summed E-state index contributed by atoms with van der Waals surface area (Å²) in [4.78, 5) is 29.2. The van der Waals surface area contributed by atoms with Crippen molar-refractivity contribution >= 4 is 28.9 Å². The molecule has 2 amide bonds. The van der Waals surface area contributed by atoms with Crippen molar-refractivity contribution in [1.29, 1.82) is 0 Å². The van der Waals surface area contributed by atoms with Crippen molar-refractivity contribution in [2.75, 3.05) is 54.6 Å². The number of ether oxygens (including phenoxy) is 2. The Morgan fingerprint density at radius 3 is 2.42 bits per heavy atom. The Hall–Kier alpha value is -3.06. The maximum atomic E-state index is 12.8. The molecule has 7 nitrogen and oxygen atoms in total. The van der Waals surface area contributed by atoms with Crippen LogP contribution in [0.2, 0.25) is 0 Å². The molecule has 0 spiro atoms. The van der Waals surface area contributed by atoms with E-state index in [4.69, 9.17) is 9.47 Å². The molecule has 2 aliphatic rings. The van der Waals surface area contributed by atoms with Gasteiger partial charge in [-0.05, 0) is 55.0 Å². The predicted molar refractivity (Wildman–Crippen MR) is 121 cm³/mol. The Balaban J connectivity index is 1.33. The lowest BCUT2D eigenvalue weighted by Crippen LogP contribution is -2.36. The lowest BCUT2D eigenvalue weighted by atomic mass is 10.1. The number of amides is 2. The molecule has 7 heteroatoms. The number of anilines is 3. The van der Waals surface area contributed by atoms with Crippen molar-refractivity contribution in [2.45, 2.75) is 19.8 Å². The van der Waals surface area contributed by atoms with Gasteiger partial charge in [0.2, 0.25) is 11.8 Å². The molecule has 164 valence electrons. The highest BCUT2D eigenvalue weighted by atomic mass is 16.5. The molecule has 1 unspecified atom stereocenters. The molecule has 2 aromatic rings. The van der Waals surface area contributed by atoms with E-state index in [9.17, 15) is 9.59 Å². The first kappa shape index (κ1) is 21.2. The molecule has 31 heavy (non-hydrogen) atoms. The molecule has 0 aromatic heterocycles. The summed E-state index contributed by atoms with van der Waals surface area (Å²) in [6.45, 7) is 6.32. The van der Waals surface area contributed by atoms with Gasteiger partial charge in [0.25, 0.3) is 0 Å². The van der Waals surface area contributed by atoms with Crippen LogP contribution in [0.4, 0.5) is 17.1 Å². The molecule has 2 aliphatic heterocycles. The molecule has 1 atom stereocenters. The first-order valence-corrected chi connectivity index (χ1v) is 10.9. The predicted octanol–water partition coefficient (Wildman–Crippen LogP) is 3.30. The van der Waals surface area contributed by atoms with E-state index in [-0.39, 0.29) is 24.2 Å². The van der Waals surface area contributed by atoms with Crippen LogP contribution in [0, 0.1) is 5.92 Å². The zero-order valence-corrected chi connectivity index (χ0v) is 17.9. The van der Waals surface area contributed by atoms with Crippen molar-refractivity contribution in [3.63, 3.8) is 0 Å². The zero-order chi connectivity index (χ0) is 21.6. The molecule has 2 fully saturated rings. The van der Waals surface area contributed by atoms with Crippen molar-refractivity contribution in [3.8, 4) is 5.75 Å². The summed E-state index contributed by atoms with van der Waals surface area (Å²) in [6, 6.07) is 15.3. The second-order valence-electron chi connectivity index (χ2n) is 7.88. The van der Waals surface area contributed by atoms with Gasteiger partial charge in [-0.25, -0.2) is 0 Å². The van der Waals surface area contributed by atoms with Gasteiger partial charge in [0.15, 0.2) is 0 Å². The summed E-state index contributed by atoms with van der Waals surface area (Å²) in [5.41, 5.74) is 2.65. The van der Waals surface area contributed by atoms with Crippen LogP contribution in [-0.4, -0.2) is 51.3 Å². The van der Waals surface area contributed by atoms with Crippen molar-refractivity contribution in [3.05, 3.63) is 48.5 Å². The van der Waals surface area contributed by atoms with Crippen LogP contribution in [0.25, 0.3) is 0 Å². The Bertz CT molecular complexity index is 892. The monoisotopic (exact) mass is 423 g/mol. The van der Waals surface area contributed by atoms with Crippen molar-refractivity contribution < 1.29 is 19.1 Å². The Labute approximate surface area is 182 Å². The lowest BCUT2D eigenvalue weighted by Gasteiger charge is -2.28. The minimum atomic E-state index is -0.373. The molecule has 0 radical (unpaired) electrons. The lowest BCUT2D eigenvalue weighted by molar-refractivity contribution is -0.122. The van der Waals surface area contributed by atoms with Gasteiger partial charge >= 0.3 is 0 Å². The maximum absolute atomic E-state index is 12.8. The van der Waals surface area contributed by atoms with E-state index in [2.05, 4.69) is 17.1 Å². The number of hydrogen-bond acceptors (Lipinski definition) is 5. The highest BCUT2D eigenvalue weighted by molar-refractivity contribution is 6.03. The fraction of sp³-hybridized carbons (Fsp3) is 0.417. The first-order chi connectivity index (χ1) is 15.1. The first-order valence-electron chi connectivity index (χ1n) is 10.9. The van der Waals surface area contributed by atoms with E-state index in [1.54, 1.807) is 4.90 Å². The average molecular weight is 424 g/mol. The Kier molecular flexibility index (Phi) is 6.72. The van der Waals surface area contributed by atoms with Gasteiger partial charge in [-0.3, -0.25) is 9.59 Å². The fourth-order valence-electron chi connectivity index (χ4n) is 3.90.